The van der Waals surface area contributed by atoms with Crippen LogP contribution in [0.2, 0.25) is 0 Å². The molecule has 6 heterocycles. The number of aromatic nitrogens is 1. The smallest absolute Gasteiger partial charge is 0.373 e. The molecule has 6 aliphatic rings. The van der Waals surface area contributed by atoms with Crippen LogP contribution in [0.5, 0.6) is 0 Å². The summed E-state index contributed by atoms with van der Waals surface area (Å²) in [5, 5.41) is 9.76. The van der Waals surface area contributed by atoms with Crippen LogP contribution in [0.25, 0.3) is 0 Å². The summed E-state index contributed by atoms with van der Waals surface area (Å²) in [4.78, 5) is 39.1. The number of amides is 2. The molecule has 8 unspecified atom stereocenters. The van der Waals surface area contributed by atoms with Crippen LogP contribution < -0.4 is 16.0 Å². The van der Waals surface area contributed by atoms with Crippen molar-refractivity contribution in [1.82, 2.24) is 25.4 Å². The first-order valence-corrected chi connectivity index (χ1v) is 13.9. The van der Waals surface area contributed by atoms with Crippen LogP contribution in [0.1, 0.15) is 50.5 Å². The largest absolute Gasteiger partial charge is 0.416 e. The zero-order valence-corrected chi connectivity index (χ0v) is 21.4. The lowest BCUT2D eigenvalue weighted by Crippen LogP contribution is -2.70. The van der Waals surface area contributed by atoms with E-state index in [-0.39, 0.29) is 59.7 Å². The number of pyridine rings is 1. The van der Waals surface area contributed by atoms with E-state index in [2.05, 4.69) is 36.9 Å². The molecule has 0 radical (unpaired) electrons. The molecule has 5 aliphatic heterocycles. The lowest BCUT2D eigenvalue weighted by atomic mass is 9.70. The molecule has 1 saturated carbocycles. The van der Waals surface area contributed by atoms with Gasteiger partial charge in [-0.3, -0.25) is 19.9 Å². The normalized spacial score (nSPS) is 37.0. The van der Waals surface area contributed by atoms with Gasteiger partial charge in [0, 0.05) is 55.5 Å². The van der Waals surface area contributed by atoms with E-state index in [1.165, 1.54) is 0 Å². The predicted molar refractivity (Wildman–Crippen MR) is 136 cm³/mol. The van der Waals surface area contributed by atoms with E-state index in [1.807, 2.05) is 6.20 Å². The molecule has 2 amide bonds. The first-order chi connectivity index (χ1) is 18.8. The molecule has 12 heteroatoms. The van der Waals surface area contributed by atoms with Crippen LogP contribution in [0.4, 0.5) is 19.0 Å². The first kappa shape index (κ1) is 24.9. The number of piperidine rings is 2. The van der Waals surface area contributed by atoms with E-state index in [1.54, 1.807) is 0 Å². The summed E-state index contributed by atoms with van der Waals surface area (Å²) < 4.78 is 39.3. The average Bonchev–Trinajstić information content (AvgIpc) is 3.50. The molecular formula is C27H32F3N7O2. The Hall–Kier alpha value is -3.15. The van der Waals surface area contributed by atoms with Gasteiger partial charge >= 0.3 is 6.18 Å². The Morgan fingerprint density at radius 1 is 1.15 bits per heavy atom. The third-order valence-electron chi connectivity index (χ3n) is 9.60. The highest BCUT2D eigenvalue weighted by molar-refractivity contribution is 5.92. The Morgan fingerprint density at radius 2 is 2.03 bits per heavy atom. The zero-order chi connectivity index (χ0) is 26.9. The highest BCUT2D eigenvalue weighted by Crippen LogP contribution is 2.44. The van der Waals surface area contributed by atoms with Crippen molar-refractivity contribution in [2.45, 2.75) is 81.5 Å². The van der Waals surface area contributed by atoms with Crippen molar-refractivity contribution in [2.24, 2.45) is 22.7 Å². The number of anilines is 1. The maximum absolute atomic E-state index is 13.1. The van der Waals surface area contributed by atoms with Gasteiger partial charge in [-0.05, 0) is 56.6 Å². The Labute approximate surface area is 224 Å². The minimum Gasteiger partial charge on any atom is -0.373 e. The van der Waals surface area contributed by atoms with Crippen LogP contribution in [-0.2, 0) is 15.8 Å². The Kier molecular flexibility index (Phi) is 5.87. The number of fused-ring (bicyclic) bond motifs is 3. The number of nitrogens with one attached hydrogen (secondary N) is 3. The number of rotatable bonds is 3. The number of hydrogen-bond donors (Lipinski definition) is 3. The highest BCUT2D eigenvalue weighted by atomic mass is 19.4. The SMILES string of the molecule is O=C(Nc1cc(C(F)(F)F)ccn1)C1CCC2C(C1)NC1NC=CN3C(C4CCC5CCC(=O)N5C4)=NC2C13. The molecule has 1 aromatic rings. The number of aliphatic imine (C=N–C) groups is 1. The molecule has 0 aromatic carbocycles. The summed E-state index contributed by atoms with van der Waals surface area (Å²) in [5.74, 6) is 1.09. The fourth-order valence-corrected chi connectivity index (χ4v) is 7.73. The van der Waals surface area contributed by atoms with Crippen molar-refractivity contribution in [2.75, 3.05) is 11.9 Å². The van der Waals surface area contributed by atoms with Crippen LogP contribution in [0.15, 0.2) is 35.7 Å². The summed E-state index contributed by atoms with van der Waals surface area (Å²) in [5.41, 5.74) is -0.838. The summed E-state index contributed by atoms with van der Waals surface area (Å²) in [6, 6.07) is 2.41. The standard InChI is InChI=1S/C27H32F3N7O2/c28-27(29,30)16-7-8-31-20(12-16)34-26(39)14-2-5-18-19(11-14)33-24-23-22(18)35-25(36(23)10-9-32-24)15-1-3-17-4-6-21(38)37(17)13-15/h7-10,12,14-15,17-19,22-24,32-33H,1-6,11,13H2,(H,31,34,39). The second-order valence-corrected chi connectivity index (χ2v) is 11.7. The zero-order valence-electron chi connectivity index (χ0n) is 21.4. The summed E-state index contributed by atoms with van der Waals surface area (Å²) >= 11 is 0. The van der Waals surface area contributed by atoms with E-state index < -0.39 is 11.7 Å². The van der Waals surface area contributed by atoms with Gasteiger partial charge in [0.15, 0.2) is 0 Å². The van der Waals surface area contributed by atoms with E-state index >= 15 is 0 Å². The molecule has 3 saturated heterocycles. The molecule has 1 aromatic heterocycles. The second kappa shape index (κ2) is 9.21. The maximum atomic E-state index is 13.1. The van der Waals surface area contributed by atoms with Crippen molar-refractivity contribution in [1.29, 1.82) is 0 Å². The Morgan fingerprint density at radius 3 is 2.87 bits per heavy atom. The van der Waals surface area contributed by atoms with Crippen LogP contribution in [-0.4, -0.2) is 69.3 Å². The van der Waals surface area contributed by atoms with Crippen molar-refractivity contribution >= 4 is 23.5 Å². The molecule has 0 spiro atoms. The van der Waals surface area contributed by atoms with Crippen molar-refractivity contribution in [3.8, 4) is 0 Å². The molecule has 7 rings (SSSR count). The van der Waals surface area contributed by atoms with Crippen LogP contribution in [0.3, 0.4) is 0 Å². The Bertz CT molecular complexity index is 1240. The number of alkyl halides is 3. The van der Waals surface area contributed by atoms with Gasteiger partial charge in [0.25, 0.3) is 0 Å². The summed E-state index contributed by atoms with van der Waals surface area (Å²) in [7, 11) is 0. The minimum absolute atomic E-state index is 0.0285. The molecule has 3 N–H and O–H groups in total. The van der Waals surface area contributed by atoms with Crippen molar-refractivity contribution in [3.05, 3.63) is 36.3 Å². The molecule has 0 bridgehead atoms. The van der Waals surface area contributed by atoms with E-state index in [9.17, 15) is 22.8 Å². The molecule has 9 nitrogen and oxygen atoms in total. The van der Waals surface area contributed by atoms with Gasteiger partial charge < -0.3 is 20.4 Å². The maximum Gasteiger partial charge on any atom is 0.416 e. The number of halogens is 3. The van der Waals surface area contributed by atoms with Gasteiger partial charge in [0.2, 0.25) is 11.8 Å². The van der Waals surface area contributed by atoms with Gasteiger partial charge in [-0.2, -0.15) is 13.2 Å². The third kappa shape index (κ3) is 4.27. The lowest BCUT2D eigenvalue weighted by Gasteiger charge is -2.51. The Balaban J connectivity index is 1.06. The van der Waals surface area contributed by atoms with Gasteiger partial charge in [0.05, 0.1) is 17.6 Å². The highest BCUT2D eigenvalue weighted by Gasteiger charge is 2.54. The molecule has 4 fully saturated rings. The molecule has 8 atom stereocenters. The topological polar surface area (TPSA) is 102 Å². The number of hydrogen-bond acceptors (Lipinski definition) is 7. The first-order valence-electron chi connectivity index (χ1n) is 13.9. The van der Waals surface area contributed by atoms with E-state index in [0.717, 1.165) is 56.4 Å². The van der Waals surface area contributed by atoms with E-state index in [4.69, 9.17) is 4.99 Å². The van der Waals surface area contributed by atoms with E-state index in [0.29, 0.717) is 25.3 Å². The molecule has 1 aliphatic carbocycles. The molecular weight excluding hydrogens is 511 g/mol. The third-order valence-corrected chi connectivity index (χ3v) is 9.60. The number of nitrogens with zero attached hydrogens (tertiary/aromatic N) is 4. The van der Waals surface area contributed by atoms with Gasteiger partial charge in [0.1, 0.15) is 17.8 Å². The van der Waals surface area contributed by atoms with Crippen molar-refractivity contribution < 1.29 is 22.8 Å². The van der Waals surface area contributed by atoms with Gasteiger partial charge in [-0.1, -0.05) is 0 Å². The predicted octanol–water partition coefficient (Wildman–Crippen LogP) is 2.68. The fraction of sp³-hybridized carbons (Fsp3) is 0.630. The number of carbonyl (C=O) groups is 2. The monoisotopic (exact) mass is 543 g/mol. The average molecular weight is 544 g/mol. The molecule has 208 valence electrons. The van der Waals surface area contributed by atoms with Gasteiger partial charge in [-0.15, -0.1) is 0 Å². The number of amidine groups is 1. The molecule has 39 heavy (non-hydrogen) atoms. The second-order valence-electron chi connectivity index (χ2n) is 11.7. The summed E-state index contributed by atoms with van der Waals surface area (Å²) in [6.07, 6.45) is 6.23. The van der Waals surface area contributed by atoms with Crippen molar-refractivity contribution in [3.63, 3.8) is 0 Å². The fourth-order valence-electron chi connectivity index (χ4n) is 7.73. The quantitative estimate of drug-likeness (QED) is 0.542. The van der Waals surface area contributed by atoms with Gasteiger partial charge in [-0.25, -0.2) is 4.98 Å². The minimum atomic E-state index is -4.50. The summed E-state index contributed by atoms with van der Waals surface area (Å²) in [6.45, 7) is 0.734. The van der Waals surface area contributed by atoms with Crippen LogP contribution in [0, 0.1) is 17.8 Å². The van der Waals surface area contributed by atoms with Crippen LogP contribution >= 0.6 is 0 Å². The lowest BCUT2D eigenvalue weighted by molar-refractivity contribution is -0.137. The number of carbonyl (C=O) groups excluding carboxylic acids is 2.